The Morgan fingerprint density at radius 3 is 1.52 bits per heavy atom. The van der Waals surface area contributed by atoms with Crippen LogP contribution >= 0.6 is 0 Å². The van der Waals surface area contributed by atoms with Gasteiger partial charge in [0, 0.05) is 12.3 Å². The number of carbonyl (C=O) groups is 1. The van der Waals surface area contributed by atoms with Crippen molar-refractivity contribution in [1.82, 2.24) is 0 Å². The zero-order valence-electron chi connectivity index (χ0n) is 16.5. The van der Waals surface area contributed by atoms with Gasteiger partial charge in [-0.3, -0.25) is 4.79 Å². The van der Waals surface area contributed by atoms with Crippen LogP contribution in [0.15, 0.2) is 0 Å². The third-order valence-electron chi connectivity index (χ3n) is 5.13. The van der Waals surface area contributed by atoms with Gasteiger partial charge in [-0.25, -0.2) is 0 Å². The van der Waals surface area contributed by atoms with Crippen molar-refractivity contribution in [3.63, 3.8) is 0 Å². The first-order valence-electron chi connectivity index (χ1n) is 10.8. The van der Waals surface area contributed by atoms with E-state index < -0.39 is 0 Å². The second-order valence-electron chi connectivity index (χ2n) is 7.35. The summed E-state index contributed by atoms with van der Waals surface area (Å²) in [6, 6.07) is 0. The lowest BCUT2D eigenvalue weighted by Gasteiger charge is -2.13. The summed E-state index contributed by atoms with van der Waals surface area (Å²) in [7, 11) is 0. The maximum Gasteiger partial charge on any atom is 0.135 e. The van der Waals surface area contributed by atoms with Crippen LogP contribution in [0, 0.1) is 5.92 Å². The molecule has 138 valence electrons. The molecule has 0 amide bonds. The lowest BCUT2D eigenvalue weighted by atomic mass is 9.91. The zero-order chi connectivity index (χ0) is 17.2. The summed E-state index contributed by atoms with van der Waals surface area (Å²) >= 11 is 0. The molecule has 0 N–H and O–H groups in total. The van der Waals surface area contributed by atoms with Gasteiger partial charge in [-0.05, 0) is 19.3 Å². The van der Waals surface area contributed by atoms with Gasteiger partial charge in [-0.2, -0.15) is 0 Å². The van der Waals surface area contributed by atoms with Gasteiger partial charge in [-0.1, -0.05) is 104 Å². The van der Waals surface area contributed by atoms with Gasteiger partial charge < -0.3 is 0 Å². The molecule has 0 radical (unpaired) electrons. The Morgan fingerprint density at radius 1 is 0.609 bits per heavy atom. The normalized spacial score (nSPS) is 12.5. The van der Waals surface area contributed by atoms with Crippen LogP contribution < -0.4 is 0 Å². The minimum Gasteiger partial charge on any atom is -0.299 e. The monoisotopic (exact) mass is 324 g/mol. The highest BCUT2D eigenvalue weighted by Gasteiger charge is 2.14. The Hall–Kier alpha value is -0.330. The number of ketones is 1. The molecular weight excluding hydrogens is 280 g/mol. The number of carbonyl (C=O) groups excluding carboxylic acids is 1. The lowest BCUT2D eigenvalue weighted by Crippen LogP contribution is -2.13. The molecule has 0 aliphatic rings. The van der Waals surface area contributed by atoms with E-state index in [9.17, 15) is 4.79 Å². The maximum absolute atomic E-state index is 12.2. The SMILES string of the molecule is CCCCCCCCCCCCCC(=O)C(CC)CCCCC. The fourth-order valence-electron chi connectivity index (χ4n) is 3.40. The van der Waals surface area contributed by atoms with Crippen LogP contribution in [-0.2, 0) is 4.79 Å². The van der Waals surface area contributed by atoms with Crippen LogP contribution in [0.2, 0.25) is 0 Å². The van der Waals surface area contributed by atoms with Crippen LogP contribution in [0.4, 0.5) is 0 Å². The van der Waals surface area contributed by atoms with E-state index in [1.165, 1.54) is 83.5 Å². The van der Waals surface area contributed by atoms with Crippen molar-refractivity contribution in [2.24, 2.45) is 5.92 Å². The van der Waals surface area contributed by atoms with Gasteiger partial charge in [-0.15, -0.1) is 0 Å². The third kappa shape index (κ3) is 15.0. The Balaban J connectivity index is 3.40. The molecule has 0 aliphatic heterocycles. The van der Waals surface area contributed by atoms with Crippen molar-refractivity contribution in [2.75, 3.05) is 0 Å². The number of Topliss-reactive ketones (excluding diaryl/α,β-unsaturated/α-hetero) is 1. The first-order chi connectivity index (χ1) is 11.3. The third-order valence-corrected chi connectivity index (χ3v) is 5.13. The number of unbranched alkanes of at least 4 members (excludes halogenated alkanes) is 12. The molecule has 0 heterocycles. The van der Waals surface area contributed by atoms with E-state index in [0.717, 1.165) is 25.7 Å². The topological polar surface area (TPSA) is 17.1 Å². The highest BCUT2D eigenvalue weighted by atomic mass is 16.1. The van der Waals surface area contributed by atoms with Gasteiger partial charge in [0.15, 0.2) is 0 Å². The van der Waals surface area contributed by atoms with Crippen molar-refractivity contribution < 1.29 is 4.79 Å². The Labute approximate surface area is 147 Å². The highest BCUT2D eigenvalue weighted by Crippen LogP contribution is 2.18. The molecule has 0 spiro atoms. The largest absolute Gasteiger partial charge is 0.299 e. The molecule has 1 unspecified atom stereocenters. The second-order valence-corrected chi connectivity index (χ2v) is 7.35. The Morgan fingerprint density at radius 2 is 1.04 bits per heavy atom. The maximum atomic E-state index is 12.2. The lowest BCUT2D eigenvalue weighted by molar-refractivity contribution is -0.123. The average Bonchev–Trinajstić information content (AvgIpc) is 2.56. The van der Waals surface area contributed by atoms with E-state index in [1.807, 2.05) is 0 Å². The summed E-state index contributed by atoms with van der Waals surface area (Å²) in [4.78, 5) is 12.2. The molecule has 0 bridgehead atoms. The van der Waals surface area contributed by atoms with E-state index >= 15 is 0 Å². The van der Waals surface area contributed by atoms with Crippen LogP contribution in [0.25, 0.3) is 0 Å². The molecule has 0 saturated carbocycles. The second kappa shape index (κ2) is 18.0. The molecular formula is C22H44O. The van der Waals surface area contributed by atoms with Crippen molar-refractivity contribution in [3.8, 4) is 0 Å². The van der Waals surface area contributed by atoms with E-state index in [4.69, 9.17) is 0 Å². The predicted octanol–water partition coefficient (Wildman–Crippen LogP) is 7.86. The smallest absolute Gasteiger partial charge is 0.135 e. The Kier molecular flexibility index (Phi) is 17.8. The molecule has 1 heteroatoms. The minimum absolute atomic E-state index is 0.352. The van der Waals surface area contributed by atoms with E-state index in [2.05, 4.69) is 20.8 Å². The van der Waals surface area contributed by atoms with Crippen LogP contribution in [0.1, 0.15) is 130 Å². The molecule has 1 atom stereocenters. The predicted molar refractivity (Wildman–Crippen MR) is 104 cm³/mol. The number of hydrogen-bond donors (Lipinski definition) is 0. The zero-order valence-corrected chi connectivity index (χ0v) is 16.5. The number of rotatable bonds is 18. The van der Waals surface area contributed by atoms with E-state index in [-0.39, 0.29) is 0 Å². The first-order valence-corrected chi connectivity index (χ1v) is 10.8. The van der Waals surface area contributed by atoms with Gasteiger partial charge in [0.05, 0.1) is 0 Å². The fourth-order valence-corrected chi connectivity index (χ4v) is 3.40. The quantitative estimate of drug-likeness (QED) is 0.234. The first kappa shape index (κ1) is 22.7. The highest BCUT2D eigenvalue weighted by molar-refractivity contribution is 5.80. The molecule has 0 aromatic heterocycles. The van der Waals surface area contributed by atoms with E-state index in [1.54, 1.807) is 0 Å². The van der Waals surface area contributed by atoms with Gasteiger partial charge >= 0.3 is 0 Å². The summed E-state index contributed by atoms with van der Waals surface area (Å²) in [6.07, 6.45) is 21.7. The summed E-state index contributed by atoms with van der Waals surface area (Å²) in [5, 5.41) is 0. The number of hydrogen-bond acceptors (Lipinski definition) is 1. The van der Waals surface area contributed by atoms with Crippen molar-refractivity contribution in [3.05, 3.63) is 0 Å². The summed E-state index contributed by atoms with van der Waals surface area (Å²) in [5.74, 6) is 0.893. The van der Waals surface area contributed by atoms with E-state index in [0.29, 0.717) is 11.7 Å². The molecule has 0 rings (SSSR count). The minimum atomic E-state index is 0.352. The standard InChI is InChI=1S/C22H44O/c1-4-7-9-10-11-12-13-14-15-16-18-20-22(23)21(6-3)19-17-8-5-2/h21H,4-20H2,1-3H3. The summed E-state index contributed by atoms with van der Waals surface area (Å²) in [5.41, 5.74) is 0. The van der Waals surface area contributed by atoms with Crippen LogP contribution in [0.3, 0.4) is 0 Å². The molecule has 23 heavy (non-hydrogen) atoms. The molecule has 0 fully saturated rings. The fraction of sp³-hybridized carbons (Fsp3) is 0.955. The molecule has 0 aromatic carbocycles. The molecule has 0 aromatic rings. The van der Waals surface area contributed by atoms with Gasteiger partial charge in [0.25, 0.3) is 0 Å². The molecule has 0 saturated heterocycles. The molecule has 0 aliphatic carbocycles. The average molecular weight is 325 g/mol. The van der Waals surface area contributed by atoms with Crippen LogP contribution in [0.5, 0.6) is 0 Å². The van der Waals surface area contributed by atoms with Crippen LogP contribution in [-0.4, -0.2) is 5.78 Å². The van der Waals surface area contributed by atoms with Crippen molar-refractivity contribution in [2.45, 2.75) is 130 Å². The summed E-state index contributed by atoms with van der Waals surface area (Å²) in [6.45, 7) is 6.68. The molecule has 1 nitrogen and oxygen atoms in total. The Bertz CT molecular complexity index is 246. The van der Waals surface area contributed by atoms with Crippen molar-refractivity contribution in [1.29, 1.82) is 0 Å². The summed E-state index contributed by atoms with van der Waals surface area (Å²) < 4.78 is 0. The van der Waals surface area contributed by atoms with Crippen molar-refractivity contribution >= 4 is 5.78 Å². The van der Waals surface area contributed by atoms with Gasteiger partial charge in [0.2, 0.25) is 0 Å². The van der Waals surface area contributed by atoms with Gasteiger partial charge in [0.1, 0.15) is 5.78 Å².